The molecule has 0 aromatic rings. The third kappa shape index (κ3) is 5.37. The van der Waals surface area contributed by atoms with Crippen molar-refractivity contribution < 1.29 is 0 Å². The lowest BCUT2D eigenvalue weighted by atomic mass is 10.1. The Morgan fingerprint density at radius 3 is 2.70 bits per heavy atom. The fraction of sp³-hybridized carbons (Fsp3) is 0.667. The molecule has 0 aliphatic carbocycles. The Morgan fingerprint density at radius 2 is 2.20 bits per heavy atom. The van der Waals surface area contributed by atoms with Crippen LogP contribution < -0.4 is 0 Å². The Hall–Kier alpha value is -0.770. The fourth-order valence-electron chi connectivity index (χ4n) is 0.695. The van der Waals surface area contributed by atoms with E-state index < -0.39 is 0 Å². The van der Waals surface area contributed by atoms with Gasteiger partial charge in [0.2, 0.25) is 0 Å². The number of hydrogen-bond acceptors (Lipinski definition) is 1. The normalized spacial score (nSPS) is 13.3. The molecule has 0 spiro atoms. The van der Waals surface area contributed by atoms with E-state index in [-0.39, 0.29) is 5.92 Å². The first-order valence-electron chi connectivity index (χ1n) is 3.85. The van der Waals surface area contributed by atoms with Crippen molar-refractivity contribution in [3.05, 3.63) is 12.2 Å². The maximum absolute atomic E-state index is 8.42. The van der Waals surface area contributed by atoms with Gasteiger partial charge >= 0.3 is 0 Å². The molecule has 1 nitrogen and oxygen atoms in total. The molecule has 1 atom stereocenters. The molecule has 0 saturated carbocycles. The summed E-state index contributed by atoms with van der Waals surface area (Å²) in [5.74, 6) is 0.210. The molecular formula is C9H15N. The minimum absolute atomic E-state index is 0.210. The SMILES string of the molecule is CC/C=C/CCC(C)C#N. The van der Waals surface area contributed by atoms with Crippen molar-refractivity contribution in [1.29, 1.82) is 5.26 Å². The molecule has 0 saturated heterocycles. The van der Waals surface area contributed by atoms with Crippen LogP contribution in [0.1, 0.15) is 33.1 Å². The van der Waals surface area contributed by atoms with Crippen molar-refractivity contribution in [2.75, 3.05) is 0 Å². The average Bonchev–Trinajstić information content (AvgIpc) is 1.98. The van der Waals surface area contributed by atoms with E-state index in [1.807, 2.05) is 6.92 Å². The molecule has 0 heterocycles. The molecule has 0 aromatic carbocycles. The molecule has 0 bridgehead atoms. The van der Waals surface area contributed by atoms with Crippen LogP contribution in [0.2, 0.25) is 0 Å². The first-order chi connectivity index (χ1) is 4.81. The minimum atomic E-state index is 0.210. The zero-order valence-electron chi connectivity index (χ0n) is 6.80. The number of allylic oxidation sites excluding steroid dienone is 2. The number of hydrogen-bond donors (Lipinski definition) is 0. The molecule has 1 heteroatoms. The van der Waals surface area contributed by atoms with E-state index in [9.17, 15) is 0 Å². The summed E-state index contributed by atoms with van der Waals surface area (Å²) in [5, 5.41) is 8.42. The van der Waals surface area contributed by atoms with Crippen LogP contribution in [0.4, 0.5) is 0 Å². The monoisotopic (exact) mass is 137 g/mol. The van der Waals surface area contributed by atoms with E-state index in [1.54, 1.807) is 0 Å². The molecule has 0 aliphatic rings. The topological polar surface area (TPSA) is 23.8 Å². The summed E-state index contributed by atoms with van der Waals surface area (Å²) in [6.45, 7) is 4.07. The van der Waals surface area contributed by atoms with Gasteiger partial charge in [0.25, 0.3) is 0 Å². The molecule has 1 unspecified atom stereocenters. The number of nitrogens with zero attached hydrogens (tertiary/aromatic N) is 1. The van der Waals surface area contributed by atoms with Crippen molar-refractivity contribution >= 4 is 0 Å². The fourth-order valence-corrected chi connectivity index (χ4v) is 0.695. The van der Waals surface area contributed by atoms with Crippen molar-refractivity contribution in [2.24, 2.45) is 5.92 Å². The van der Waals surface area contributed by atoms with Gasteiger partial charge in [-0.3, -0.25) is 0 Å². The highest BCUT2D eigenvalue weighted by Gasteiger charge is 1.94. The molecule has 0 rings (SSSR count). The van der Waals surface area contributed by atoms with Gasteiger partial charge in [0.05, 0.1) is 6.07 Å². The standard InChI is InChI=1S/C9H15N/c1-3-4-5-6-7-9(2)8-10/h4-5,9H,3,6-7H2,1-2H3/b5-4+. The summed E-state index contributed by atoms with van der Waals surface area (Å²) in [4.78, 5) is 0. The van der Waals surface area contributed by atoms with Crippen LogP contribution in [0.15, 0.2) is 12.2 Å². The summed E-state index contributed by atoms with van der Waals surface area (Å²) in [5.41, 5.74) is 0. The Bertz CT molecular complexity index is 130. The van der Waals surface area contributed by atoms with Gasteiger partial charge in [-0.05, 0) is 26.2 Å². The second-order valence-electron chi connectivity index (χ2n) is 2.49. The van der Waals surface area contributed by atoms with Crippen molar-refractivity contribution in [1.82, 2.24) is 0 Å². The largest absolute Gasteiger partial charge is 0.198 e. The highest BCUT2D eigenvalue weighted by Crippen LogP contribution is 2.03. The molecule has 0 amide bonds. The predicted octanol–water partition coefficient (Wildman–Crippen LogP) is 2.89. The van der Waals surface area contributed by atoms with Crippen LogP contribution in [0.25, 0.3) is 0 Å². The molecule has 0 N–H and O–H groups in total. The first-order valence-corrected chi connectivity index (χ1v) is 3.85. The van der Waals surface area contributed by atoms with Crippen molar-refractivity contribution in [2.45, 2.75) is 33.1 Å². The Morgan fingerprint density at radius 1 is 1.50 bits per heavy atom. The average molecular weight is 137 g/mol. The Kier molecular flexibility index (Phi) is 5.86. The molecule has 0 radical (unpaired) electrons. The summed E-state index contributed by atoms with van der Waals surface area (Å²) >= 11 is 0. The highest BCUT2D eigenvalue weighted by atomic mass is 14.2. The van der Waals surface area contributed by atoms with Crippen molar-refractivity contribution in [3.63, 3.8) is 0 Å². The van der Waals surface area contributed by atoms with Gasteiger partial charge < -0.3 is 0 Å². The number of rotatable bonds is 4. The highest BCUT2D eigenvalue weighted by molar-refractivity contribution is 4.85. The van der Waals surface area contributed by atoms with Gasteiger partial charge in [0.1, 0.15) is 0 Å². The van der Waals surface area contributed by atoms with Gasteiger partial charge in [-0.1, -0.05) is 19.1 Å². The van der Waals surface area contributed by atoms with Gasteiger partial charge in [-0.2, -0.15) is 5.26 Å². The number of nitriles is 1. The Balaban J connectivity index is 3.21. The van der Waals surface area contributed by atoms with Crippen LogP contribution in [0.5, 0.6) is 0 Å². The second-order valence-corrected chi connectivity index (χ2v) is 2.49. The van der Waals surface area contributed by atoms with Gasteiger partial charge in [-0.15, -0.1) is 0 Å². The quantitative estimate of drug-likeness (QED) is 0.546. The van der Waals surface area contributed by atoms with E-state index in [2.05, 4.69) is 25.1 Å². The molecule has 0 aromatic heterocycles. The molecule has 56 valence electrons. The van der Waals surface area contributed by atoms with Crippen LogP contribution in [0, 0.1) is 17.2 Å². The molecule has 0 fully saturated rings. The summed E-state index contributed by atoms with van der Waals surface area (Å²) in [6.07, 6.45) is 7.43. The van der Waals surface area contributed by atoms with Crippen LogP contribution >= 0.6 is 0 Å². The van der Waals surface area contributed by atoms with Crippen LogP contribution in [0.3, 0.4) is 0 Å². The van der Waals surface area contributed by atoms with E-state index in [1.165, 1.54) is 0 Å². The zero-order chi connectivity index (χ0) is 7.82. The maximum atomic E-state index is 8.42. The van der Waals surface area contributed by atoms with Crippen molar-refractivity contribution in [3.8, 4) is 6.07 Å². The van der Waals surface area contributed by atoms with Gasteiger partial charge in [0, 0.05) is 5.92 Å². The van der Waals surface area contributed by atoms with E-state index in [4.69, 9.17) is 5.26 Å². The van der Waals surface area contributed by atoms with Gasteiger partial charge in [-0.25, -0.2) is 0 Å². The van der Waals surface area contributed by atoms with E-state index in [0.717, 1.165) is 19.3 Å². The summed E-state index contributed by atoms with van der Waals surface area (Å²) in [7, 11) is 0. The smallest absolute Gasteiger partial charge is 0.0652 e. The van der Waals surface area contributed by atoms with E-state index in [0.29, 0.717) is 0 Å². The molecule has 0 aliphatic heterocycles. The minimum Gasteiger partial charge on any atom is -0.198 e. The Labute approximate surface area is 63.4 Å². The van der Waals surface area contributed by atoms with Crippen LogP contribution in [-0.4, -0.2) is 0 Å². The second kappa shape index (κ2) is 6.35. The van der Waals surface area contributed by atoms with Gasteiger partial charge in [0.15, 0.2) is 0 Å². The van der Waals surface area contributed by atoms with Crippen LogP contribution in [-0.2, 0) is 0 Å². The zero-order valence-corrected chi connectivity index (χ0v) is 6.80. The molecule has 10 heavy (non-hydrogen) atoms. The maximum Gasteiger partial charge on any atom is 0.0652 e. The predicted molar refractivity (Wildman–Crippen MR) is 43.4 cm³/mol. The molecular weight excluding hydrogens is 122 g/mol. The third-order valence-corrected chi connectivity index (χ3v) is 1.39. The summed E-state index contributed by atoms with van der Waals surface area (Å²) < 4.78 is 0. The lowest BCUT2D eigenvalue weighted by Crippen LogP contribution is -1.86. The first kappa shape index (κ1) is 9.23. The summed E-state index contributed by atoms with van der Waals surface area (Å²) in [6, 6.07) is 2.21. The third-order valence-electron chi connectivity index (χ3n) is 1.39. The lowest BCUT2D eigenvalue weighted by molar-refractivity contribution is 0.670. The van der Waals surface area contributed by atoms with E-state index >= 15 is 0 Å². The lowest BCUT2D eigenvalue weighted by Gasteiger charge is -1.95.